The highest BCUT2D eigenvalue weighted by molar-refractivity contribution is 6.09. The van der Waals surface area contributed by atoms with Crippen LogP contribution < -0.4 is 20.3 Å². The van der Waals surface area contributed by atoms with Gasteiger partial charge in [-0.2, -0.15) is 0 Å². The van der Waals surface area contributed by atoms with Gasteiger partial charge in [-0.15, -0.1) is 0 Å². The van der Waals surface area contributed by atoms with Gasteiger partial charge >= 0.3 is 6.09 Å². The van der Waals surface area contributed by atoms with E-state index in [1.807, 2.05) is 65.1 Å². The van der Waals surface area contributed by atoms with Crippen LogP contribution in [0.4, 0.5) is 22.0 Å². The number of pyridine rings is 2. The third-order valence-electron chi connectivity index (χ3n) is 8.30. The summed E-state index contributed by atoms with van der Waals surface area (Å²) < 4.78 is 5.52. The predicted molar refractivity (Wildman–Crippen MR) is 175 cm³/mol. The van der Waals surface area contributed by atoms with Crippen molar-refractivity contribution in [3.8, 4) is 11.1 Å². The molecule has 1 aromatic carbocycles. The molecule has 5 rings (SSSR count). The van der Waals surface area contributed by atoms with Gasteiger partial charge in [0.05, 0.1) is 0 Å². The van der Waals surface area contributed by atoms with E-state index in [0.29, 0.717) is 37.4 Å². The number of piperazine rings is 1. The Morgan fingerprint density at radius 2 is 1.70 bits per heavy atom. The Hall–Kier alpha value is -4.34. The topological polar surface area (TPSA) is 102 Å². The second-order valence-corrected chi connectivity index (χ2v) is 13.1. The maximum absolute atomic E-state index is 14.1. The van der Waals surface area contributed by atoms with Crippen LogP contribution in [0.1, 0.15) is 61.8 Å². The van der Waals surface area contributed by atoms with E-state index in [1.54, 1.807) is 11.9 Å². The number of rotatable bonds is 5. The fraction of sp³-hybridized carbons (Fsp3) is 0.471. The number of fused-ring (bicyclic) bond motifs is 1. The van der Waals surface area contributed by atoms with Crippen LogP contribution in [-0.4, -0.2) is 78.3 Å². The number of aromatic amines is 1. The molecule has 10 nitrogen and oxygen atoms in total. The Labute approximate surface area is 259 Å². The average Bonchev–Trinajstić information content (AvgIpc) is 3.39. The summed E-state index contributed by atoms with van der Waals surface area (Å²) in [4.78, 5) is 54.7. The largest absolute Gasteiger partial charge is 0.444 e. The average molecular weight is 601 g/mol. The summed E-state index contributed by atoms with van der Waals surface area (Å²) in [5.41, 5.74) is 5.53. The smallest absolute Gasteiger partial charge is 0.410 e. The second-order valence-electron chi connectivity index (χ2n) is 13.1. The molecule has 44 heavy (non-hydrogen) atoms. The molecule has 3 aromatic rings. The van der Waals surface area contributed by atoms with Gasteiger partial charge in [-0.3, -0.25) is 9.59 Å². The van der Waals surface area contributed by atoms with Gasteiger partial charge in [-0.1, -0.05) is 0 Å². The number of aryl methyl sites for hydroxylation is 2. The van der Waals surface area contributed by atoms with Crippen molar-refractivity contribution in [2.45, 2.75) is 66.5 Å². The van der Waals surface area contributed by atoms with E-state index >= 15 is 0 Å². The molecule has 0 radical (unpaired) electrons. The van der Waals surface area contributed by atoms with Gasteiger partial charge in [0, 0.05) is 74.5 Å². The van der Waals surface area contributed by atoms with E-state index in [-0.39, 0.29) is 23.6 Å². The number of aromatic nitrogens is 2. The molecule has 2 aliphatic heterocycles. The van der Waals surface area contributed by atoms with Crippen molar-refractivity contribution in [2.75, 3.05) is 54.5 Å². The fourth-order valence-electron chi connectivity index (χ4n) is 6.16. The van der Waals surface area contributed by atoms with Crippen LogP contribution in [0.2, 0.25) is 0 Å². The number of ether oxygens (including phenoxy) is 1. The molecule has 1 fully saturated rings. The Kier molecular flexibility index (Phi) is 8.46. The number of nitrogens with zero attached hydrogens (tertiary/aromatic N) is 5. The molecule has 2 aromatic heterocycles. The van der Waals surface area contributed by atoms with Gasteiger partial charge in [0.1, 0.15) is 17.1 Å². The van der Waals surface area contributed by atoms with Gasteiger partial charge in [-0.05, 0) is 102 Å². The second kappa shape index (κ2) is 12.0. The molecule has 2 amide bonds. The highest BCUT2D eigenvalue weighted by Crippen LogP contribution is 2.38. The third-order valence-corrected chi connectivity index (χ3v) is 8.30. The summed E-state index contributed by atoms with van der Waals surface area (Å²) in [7, 11) is 1.67. The van der Waals surface area contributed by atoms with Crippen molar-refractivity contribution in [1.29, 1.82) is 0 Å². The first-order valence-corrected chi connectivity index (χ1v) is 15.3. The van der Waals surface area contributed by atoms with Crippen LogP contribution in [0, 0.1) is 13.8 Å². The summed E-state index contributed by atoms with van der Waals surface area (Å²) in [5.74, 6) is 0.631. The van der Waals surface area contributed by atoms with E-state index in [4.69, 9.17) is 9.72 Å². The lowest BCUT2D eigenvalue weighted by atomic mass is 9.96. The molecule has 2 aliphatic rings. The highest BCUT2D eigenvalue weighted by Gasteiger charge is 2.30. The number of benzene rings is 1. The maximum atomic E-state index is 14.1. The molecule has 0 atom stereocenters. The predicted octanol–water partition coefficient (Wildman–Crippen LogP) is 5.16. The third kappa shape index (κ3) is 6.30. The highest BCUT2D eigenvalue weighted by atomic mass is 16.6. The SMILES string of the molecule is Cc1cc(C)c(N(C)C(=O)c2cc(-c3ccc(N4CCN(C(=O)OC(C)(C)C)CC4)nc3)cc3c2CCN3C(C)C)c(=O)[nH]1. The first-order valence-electron chi connectivity index (χ1n) is 15.3. The monoisotopic (exact) mass is 600 g/mol. The molecule has 1 N–H and O–H groups in total. The number of hydrogen-bond donors (Lipinski definition) is 1. The Morgan fingerprint density at radius 1 is 1.00 bits per heavy atom. The minimum atomic E-state index is -0.521. The first-order chi connectivity index (χ1) is 20.7. The van der Waals surface area contributed by atoms with Gasteiger partial charge in [0.15, 0.2) is 0 Å². The molecule has 0 saturated carbocycles. The van der Waals surface area contributed by atoms with Crippen molar-refractivity contribution >= 4 is 29.2 Å². The first kappa shape index (κ1) is 31.1. The van der Waals surface area contributed by atoms with Crippen molar-refractivity contribution in [3.05, 3.63) is 69.3 Å². The van der Waals surface area contributed by atoms with E-state index < -0.39 is 5.60 Å². The Morgan fingerprint density at radius 3 is 2.30 bits per heavy atom. The van der Waals surface area contributed by atoms with Crippen LogP contribution in [0.3, 0.4) is 0 Å². The van der Waals surface area contributed by atoms with Crippen LogP contribution >= 0.6 is 0 Å². The molecule has 10 heteroatoms. The van der Waals surface area contributed by atoms with Crippen molar-refractivity contribution in [2.24, 2.45) is 0 Å². The number of anilines is 3. The number of hydrogen-bond acceptors (Lipinski definition) is 7. The number of carbonyl (C=O) groups is 2. The lowest BCUT2D eigenvalue weighted by molar-refractivity contribution is 0.0240. The standard InChI is InChI=1S/C34H44N6O4/c1-21(2)40-12-11-26-27(32(42)37(8)30-22(3)17-23(4)36-31(30)41)18-25(19-28(26)40)24-9-10-29(35-20-24)38-13-15-39(16-14-38)33(43)44-34(5,6)7/h9-10,17-21H,11-16H2,1-8H3,(H,36,41). The summed E-state index contributed by atoms with van der Waals surface area (Å²) in [5, 5.41) is 0. The minimum absolute atomic E-state index is 0.210. The summed E-state index contributed by atoms with van der Waals surface area (Å²) in [6.45, 7) is 16.9. The van der Waals surface area contributed by atoms with E-state index in [1.165, 1.54) is 4.90 Å². The molecule has 0 unspecified atom stereocenters. The van der Waals surface area contributed by atoms with E-state index in [2.05, 4.69) is 34.7 Å². The van der Waals surface area contributed by atoms with Gasteiger partial charge in [0.25, 0.3) is 11.5 Å². The fourth-order valence-corrected chi connectivity index (χ4v) is 6.16. The number of nitrogens with one attached hydrogen (secondary N) is 1. The number of H-pyrrole nitrogens is 1. The minimum Gasteiger partial charge on any atom is -0.444 e. The molecule has 0 spiro atoms. The lowest BCUT2D eigenvalue weighted by Gasteiger charge is -2.36. The lowest BCUT2D eigenvalue weighted by Crippen LogP contribution is -2.50. The molecule has 1 saturated heterocycles. The van der Waals surface area contributed by atoms with E-state index in [0.717, 1.165) is 52.4 Å². The van der Waals surface area contributed by atoms with Crippen LogP contribution in [0.5, 0.6) is 0 Å². The van der Waals surface area contributed by atoms with Gasteiger partial charge < -0.3 is 29.3 Å². The molecular formula is C34H44N6O4. The normalized spacial score (nSPS) is 15.1. The summed E-state index contributed by atoms with van der Waals surface area (Å²) >= 11 is 0. The summed E-state index contributed by atoms with van der Waals surface area (Å²) in [6, 6.07) is 10.3. The molecular weight excluding hydrogens is 556 g/mol. The summed E-state index contributed by atoms with van der Waals surface area (Å²) in [6.07, 6.45) is 2.32. The zero-order valence-corrected chi connectivity index (χ0v) is 27.2. The Bertz CT molecular complexity index is 1610. The van der Waals surface area contributed by atoms with Gasteiger partial charge in [-0.25, -0.2) is 9.78 Å². The number of amides is 2. The van der Waals surface area contributed by atoms with Crippen LogP contribution in [0.15, 0.2) is 41.3 Å². The zero-order chi connectivity index (χ0) is 31.9. The van der Waals surface area contributed by atoms with Crippen LogP contribution in [0.25, 0.3) is 11.1 Å². The van der Waals surface area contributed by atoms with Crippen LogP contribution in [-0.2, 0) is 11.2 Å². The quantitative estimate of drug-likeness (QED) is 0.432. The van der Waals surface area contributed by atoms with Gasteiger partial charge in [0.2, 0.25) is 0 Å². The van der Waals surface area contributed by atoms with Crippen molar-refractivity contribution < 1.29 is 14.3 Å². The maximum Gasteiger partial charge on any atom is 0.410 e. The van der Waals surface area contributed by atoms with Crippen molar-refractivity contribution in [3.63, 3.8) is 0 Å². The molecule has 0 bridgehead atoms. The number of carbonyl (C=O) groups excluding carboxylic acids is 2. The zero-order valence-electron chi connectivity index (χ0n) is 27.2. The Balaban J connectivity index is 1.42. The van der Waals surface area contributed by atoms with E-state index in [9.17, 15) is 14.4 Å². The molecule has 234 valence electrons. The molecule has 4 heterocycles. The van der Waals surface area contributed by atoms with Crippen molar-refractivity contribution in [1.82, 2.24) is 14.9 Å². The molecule has 0 aliphatic carbocycles.